The van der Waals surface area contributed by atoms with Crippen molar-refractivity contribution < 1.29 is 4.74 Å². The van der Waals surface area contributed by atoms with E-state index in [0.29, 0.717) is 0 Å². The highest BCUT2D eigenvalue weighted by Gasteiger charge is 2.24. The fraction of sp³-hybridized carbons (Fsp3) is 0. The molecule has 1 aliphatic heterocycles. The Balaban J connectivity index is 1.28. The van der Waals surface area contributed by atoms with Gasteiger partial charge in [-0.1, -0.05) is 91.0 Å². The van der Waals surface area contributed by atoms with Gasteiger partial charge in [0.25, 0.3) is 0 Å². The van der Waals surface area contributed by atoms with Crippen LogP contribution in [-0.4, -0.2) is 0 Å². The molecule has 204 valence electrons. The van der Waals surface area contributed by atoms with E-state index in [2.05, 4.69) is 168 Å². The first-order valence-electron chi connectivity index (χ1n) is 14.5. The van der Waals surface area contributed by atoms with Gasteiger partial charge in [-0.05, 0) is 84.4 Å². The Hall–Kier alpha value is -5.80. The molecule has 0 aromatic heterocycles. The molecule has 43 heavy (non-hydrogen) atoms. The number of anilines is 6. The molecule has 0 aliphatic carbocycles. The lowest BCUT2D eigenvalue weighted by molar-refractivity contribution is 0.487. The van der Waals surface area contributed by atoms with Crippen molar-refractivity contribution in [1.82, 2.24) is 0 Å². The van der Waals surface area contributed by atoms with Crippen molar-refractivity contribution in [2.45, 2.75) is 0 Å². The zero-order chi connectivity index (χ0) is 28.6. The summed E-state index contributed by atoms with van der Waals surface area (Å²) in [7, 11) is 0. The van der Waals surface area contributed by atoms with Crippen molar-refractivity contribution in [2.75, 3.05) is 9.80 Å². The first-order valence-corrected chi connectivity index (χ1v) is 14.5. The first kappa shape index (κ1) is 25.0. The topological polar surface area (TPSA) is 15.7 Å². The van der Waals surface area contributed by atoms with Crippen molar-refractivity contribution >= 4 is 44.9 Å². The average Bonchev–Trinajstić information content (AvgIpc) is 3.08. The minimum absolute atomic E-state index is 0.887. The van der Waals surface area contributed by atoms with Crippen LogP contribution in [0.2, 0.25) is 0 Å². The maximum Gasteiger partial charge on any atom is 0.135 e. The second-order valence-corrected chi connectivity index (χ2v) is 10.6. The van der Waals surface area contributed by atoms with E-state index in [1.807, 2.05) is 12.1 Å². The Bertz CT molecular complexity index is 2000. The normalized spacial score (nSPS) is 11.4. The van der Waals surface area contributed by atoms with Crippen molar-refractivity contribution in [3.05, 3.63) is 170 Å². The molecule has 1 aliphatic rings. The van der Waals surface area contributed by atoms with Crippen molar-refractivity contribution in [3.63, 3.8) is 0 Å². The molecule has 3 nitrogen and oxygen atoms in total. The Morgan fingerprint density at radius 2 is 0.814 bits per heavy atom. The largest absolute Gasteiger partial charge is 0.456 e. The summed E-state index contributed by atoms with van der Waals surface area (Å²) in [5.41, 5.74) is 8.91. The van der Waals surface area contributed by atoms with E-state index in [4.69, 9.17) is 4.74 Å². The van der Waals surface area contributed by atoms with E-state index < -0.39 is 0 Å². The summed E-state index contributed by atoms with van der Waals surface area (Å²) < 4.78 is 6.40. The Morgan fingerprint density at radius 3 is 1.44 bits per heavy atom. The number of hydrogen-bond donors (Lipinski definition) is 0. The molecule has 0 radical (unpaired) electrons. The van der Waals surface area contributed by atoms with E-state index in [-0.39, 0.29) is 0 Å². The van der Waals surface area contributed by atoms with E-state index >= 15 is 0 Å². The van der Waals surface area contributed by atoms with Crippen molar-refractivity contribution in [1.29, 1.82) is 0 Å². The lowest BCUT2D eigenvalue weighted by atomic mass is 9.93. The van der Waals surface area contributed by atoms with E-state index in [1.165, 1.54) is 5.56 Å². The van der Waals surface area contributed by atoms with Crippen LogP contribution in [0.5, 0.6) is 11.5 Å². The van der Waals surface area contributed by atoms with Gasteiger partial charge in [0.1, 0.15) is 11.5 Å². The SMILES string of the molecule is c1ccc(N(c2ccccc2)c2ccc(N(c3ccccc3)c3ccc4c5c(cccc35)Oc3ccccc3-4)cc2)cc1. The van der Waals surface area contributed by atoms with Crippen molar-refractivity contribution in [2.24, 2.45) is 0 Å². The van der Waals surface area contributed by atoms with Crippen LogP contribution >= 0.6 is 0 Å². The fourth-order valence-corrected chi connectivity index (χ4v) is 6.12. The molecule has 8 rings (SSSR count). The molecule has 0 bridgehead atoms. The van der Waals surface area contributed by atoms with E-state index in [1.54, 1.807) is 0 Å². The quantitative estimate of drug-likeness (QED) is 0.204. The molecule has 0 spiro atoms. The predicted octanol–water partition coefficient (Wildman–Crippen LogP) is 11.6. The van der Waals surface area contributed by atoms with Gasteiger partial charge in [-0.15, -0.1) is 0 Å². The van der Waals surface area contributed by atoms with Crippen LogP contribution in [0.25, 0.3) is 21.9 Å². The van der Waals surface area contributed by atoms with Gasteiger partial charge in [-0.2, -0.15) is 0 Å². The highest BCUT2D eigenvalue weighted by molar-refractivity contribution is 6.11. The number of fused-ring (bicyclic) bond motifs is 2. The number of rotatable bonds is 6. The summed E-state index contributed by atoms with van der Waals surface area (Å²) in [5, 5.41) is 2.28. The standard InChI is InChI=1S/C40H28N2O/c1-4-13-29(14-5-1)41(30-15-6-2-7-16-30)32-23-25-33(26-24-32)42(31-17-8-3-9-18-31)37-28-27-35-34-19-10-11-21-38(34)43-39-22-12-20-36(37)40(35)39/h1-28H. The second-order valence-electron chi connectivity index (χ2n) is 10.6. The average molecular weight is 553 g/mol. The Kier molecular flexibility index (Phi) is 6.12. The highest BCUT2D eigenvalue weighted by Crippen LogP contribution is 2.50. The van der Waals surface area contributed by atoms with Crippen LogP contribution in [0.3, 0.4) is 0 Å². The van der Waals surface area contributed by atoms with Crippen LogP contribution in [0.1, 0.15) is 0 Å². The number of ether oxygens (including phenoxy) is 1. The van der Waals surface area contributed by atoms with Gasteiger partial charge in [0.2, 0.25) is 0 Å². The Labute approximate surface area is 251 Å². The third-order valence-electron chi connectivity index (χ3n) is 8.03. The van der Waals surface area contributed by atoms with Crippen molar-refractivity contribution in [3.8, 4) is 22.6 Å². The highest BCUT2D eigenvalue weighted by atomic mass is 16.5. The summed E-state index contributed by atoms with van der Waals surface area (Å²) in [5.74, 6) is 1.78. The third kappa shape index (κ3) is 4.39. The maximum atomic E-state index is 6.40. The molecule has 0 saturated carbocycles. The molecular formula is C40H28N2O. The van der Waals surface area contributed by atoms with Gasteiger partial charge >= 0.3 is 0 Å². The van der Waals surface area contributed by atoms with Gasteiger partial charge in [0, 0.05) is 44.8 Å². The van der Waals surface area contributed by atoms with Gasteiger partial charge in [0.05, 0.1) is 5.69 Å². The summed E-state index contributed by atoms with van der Waals surface area (Å²) in [6, 6.07) is 59.5. The first-order chi connectivity index (χ1) is 21.3. The zero-order valence-corrected chi connectivity index (χ0v) is 23.5. The molecule has 3 heteroatoms. The molecule has 0 amide bonds. The van der Waals surface area contributed by atoms with Gasteiger partial charge in [-0.3, -0.25) is 0 Å². The lowest BCUT2D eigenvalue weighted by Gasteiger charge is -2.30. The van der Waals surface area contributed by atoms with Crippen LogP contribution in [0.15, 0.2) is 170 Å². The number of nitrogens with zero attached hydrogens (tertiary/aromatic N) is 2. The minimum Gasteiger partial charge on any atom is -0.456 e. The summed E-state index contributed by atoms with van der Waals surface area (Å²) in [6.07, 6.45) is 0. The summed E-state index contributed by atoms with van der Waals surface area (Å²) >= 11 is 0. The fourth-order valence-electron chi connectivity index (χ4n) is 6.12. The molecule has 0 unspecified atom stereocenters. The monoisotopic (exact) mass is 552 g/mol. The Morgan fingerprint density at radius 1 is 0.326 bits per heavy atom. The van der Waals surface area contributed by atoms with Gasteiger partial charge < -0.3 is 14.5 Å². The molecule has 1 heterocycles. The number of hydrogen-bond acceptors (Lipinski definition) is 3. The maximum absolute atomic E-state index is 6.40. The second kappa shape index (κ2) is 10.6. The molecule has 0 saturated heterocycles. The van der Waals surface area contributed by atoms with E-state index in [0.717, 1.165) is 62.0 Å². The molecular weight excluding hydrogens is 524 g/mol. The molecule has 0 fully saturated rings. The molecule has 0 atom stereocenters. The number of benzene rings is 7. The molecule has 0 N–H and O–H groups in total. The third-order valence-corrected chi connectivity index (χ3v) is 8.03. The van der Waals surface area contributed by atoms with Crippen LogP contribution in [0.4, 0.5) is 34.1 Å². The molecule has 7 aromatic rings. The van der Waals surface area contributed by atoms with Crippen LogP contribution in [0, 0.1) is 0 Å². The van der Waals surface area contributed by atoms with Crippen LogP contribution in [-0.2, 0) is 0 Å². The van der Waals surface area contributed by atoms with Gasteiger partial charge in [0.15, 0.2) is 0 Å². The van der Waals surface area contributed by atoms with Crippen LogP contribution < -0.4 is 14.5 Å². The number of para-hydroxylation sites is 4. The molecule has 7 aromatic carbocycles. The minimum atomic E-state index is 0.887. The lowest BCUT2D eigenvalue weighted by Crippen LogP contribution is -2.12. The van der Waals surface area contributed by atoms with Gasteiger partial charge in [-0.25, -0.2) is 0 Å². The predicted molar refractivity (Wildman–Crippen MR) is 179 cm³/mol. The summed E-state index contributed by atoms with van der Waals surface area (Å²) in [6.45, 7) is 0. The smallest absolute Gasteiger partial charge is 0.135 e. The van der Waals surface area contributed by atoms with E-state index in [9.17, 15) is 0 Å². The zero-order valence-electron chi connectivity index (χ0n) is 23.5. The summed E-state index contributed by atoms with van der Waals surface area (Å²) in [4.78, 5) is 4.62.